The molecular weight excluding hydrogens is 310 g/mol. The number of hydrogen-bond acceptors (Lipinski definition) is 3. The van der Waals surface area contributed by atoms with E-state index in [-0.39, 0.29) is 17.7 Å². The number of nitrogens with one attached hydrogen (secondary N) is 2. The standard InChI is InChI=1S/C18H20ClN3O/c19-14-6-4-13(5-7-14)16-11-20-12-17(16)18(23)22-10-8-15-3-1-2-9-21-15/h1-7,9,16-17,20H,8,10-12H2,(H,22,23)/t16-,17+/m0/s1. The van der Waals surface area contributed by atoms with Crippen LogP contribution in [-0.4, -0.2) is 30.5 Å². The van der Waals surface area contributed by atoms with E-state index in [1.807, 2.05) is 42.5 Å². The zero-order valence-electron chi connectivity index (χ0n) is 12.8. The molecule has 1 aliphatic heterocycles. The predicted molar refractivity (Wildman–Crippen MR) is 91.5 cm³/mol. The SMILES string of the molecule is O=C(NCCc1ccccn1)[C@@H]1CNC[C@H]1c1ccc(Cl)cc1. The fourth-order valence-corrected chi connectivity index (χ4v) is 3.13. The van der Waals surface area contributed by atoms with Crippen LogP contribution >= 0.6 is 11.6 Å². The van der Waals surface area contributed by atoms with Gasteiger partial charge in [-0.05, 0) is 29.8 Å². The number of benzene rings is 1. The Morgan fingerprint density at radius 1 is 1.22 bits per heavy atom. The van der Waals surface area contributed by atoms with Crippen LogP contribution in [0.5, 0.6) is 0 Å². The van der Waals surface area contributed by atoms with Crippen LogP contribution in [0.15, 0.2) is 48.7 Å². The fraction of sp³-hybridized carbons (Fsp3) is 0.333. The summed E-state index contributed by atoms with van der Waals surface area (Å²) in [5.74, 6) is 0.257. The molecular formula is C18H20ClN3O. The molecule has 0 spiro atoms. The maximum Gasteiger partial charge on any atom is 0.225 e. The summed E-state index contributed by atoms with van der Waals surface area (Å²) in [4.78, 5) is 16.8. The Balaban J connectivity index is 1.56. The van der Waals surface area contributed by atoms with Crippen molar-refractivity contribution in [3.8, 4) is 0 Å². The highest BCUT2D eigenvalue weighted by molar-refractivity contribution is 6.30. The summed E-state index contributed by atoms with van der Waals surface area (Å²) in [7, 11) is 0. The molecule has 5 heteroatoms. The van der Waals surface area contributed by atoms with Gasteiger partial charge >= 0.3 is 0 Å². The molecule has 1 amide bonds. The molecule has 0 radical (unpaired) electrons. The van der Waals surface area contributed by atoms with Gasteiger partial charge in [-0.1, -0.05) is 29.8 Å². The van der Waals surface area contributed by atoms with Crippen molar-refractivity contribution in [2.24, 2.45) is 5.92 Å². The van der Waals surface area contributed by atoms with Gasteiger partial charge in [0, 0.05) is 48.9 Å². The monoisotopic (exact) mass is 329 g/mol. The molecule has 2 aromatic rings. The molecule has 0 aliphatic carbocycles. The second-order valence-electron chi connectivity index (χ2n) is 5.78. The molecule has 1 aromatic heterocycles. The maximum atomic E-state index is 12.5. The predicted octanol–water partition coefficient (Wildman–Crippen LogP) is 2.40. The summed E-state index contributed by atoms with van der Waals surface area (Å²) in [6.45, 7) is 2.14. The number of pyridine rings is 1. The Labute approximate surface area is 141 Å². The van der Waals surface area contributed by atoms with E-state index >= 15 is 0 Å². The summed E-state index contributed by atoms with van der Waals surface area (Å²) in [5, 5.41) is 7.08. The van der Waals surface area contributed by atoms with Crippen molar-refractivity contribution < 1.29 is 4.79 Å². The first-order valence-corrected chi connectivity index (χ1v) is 8.25. The third-order valence-electron chi connectivity index (χ3n) is 4.26. The first kappa shape index (κ1) is 16.0. The number of nitrogens with zero attached hydrogens (tertiary/aromatic N) is 1. The van der Waals surface area contributed by atoms with Gasteiger partial charge in [0.2, 0.25) is 5.91 Å². The summed E-state index contributed by atoms with van der Waals surface area (Å²) in [6.07, 6.45) is 2.52. The summed E-state index contributed by atoms with van der Waals surface area (Å²) in [6, 6.07) is 13.6. The van der Waals surface area contributed by atoms with E-state index in [0.717, 1.165) is 29.2 Å². The third kappa shape index (κ3) is 4.09. The lowest BCUT2D eigenvalue weighted by Crippen LogP contribution is -2.35. The Bertz CT molecular complexity index is 645. The summed E-state index contributed by atoms with van der Waals surface area (Å²) in [5.41, 5.74) is 2.15. The van der Waals surface area contributed by atoms with Crippen molar-refractivity contribution >= 4 is 17.5 Å². The van der Waals surface area contributed by atoms with Crippen LogP contribution in [0.3, 0.4) is 0 Å². The van der Waals surface area contributed by atoms with Gasteiger partial charge < -0.3 is 10.6 Å². The lowest BCUT2D eigenvalue weighted by atomic mass is 9.88. The van der Waals surface area contributed by atoms with Crippen LogP contribution in [0.1, 0.15) is 17.2 Å². The molecule has 1 saturated heterocycles. The van der Waals surface area contributed by atoms with Gasteiger partial charge in [-0.3, -0.25) is 9.78 Å². The number of carbonyl (C=O) groups is 1. The van der Waals surface area contributed by atoms with Crippen molar-refractivity contribution in [3.63, 3.8) is 0 Å². The second kappa shape index (κ2) is 7.57. The molecule has 2 heterocycles. The third-order valence-corrected chi connectivity index (χ3v) is 4.51. The van der Waals surface area contributed by atoms with Crippen LogP contribution in [0, 0.1) is 5.92 Å². The van der Waals surface area contributed by atoms with E-state index in [1.54, 1.807) is 6.20 Å². The Morgan fingerprint density at radius 2 is 2.04 bits per heavy atom. The van der Waals surface area contributed by atoms with Gasteiger partial charge in [-0.25, -0.2) is 0 Å². The lowest BCUT2D eigenvalue weighted by Gasteiger charge is -2.18. The molecule has 120 valence electrons. The number of rotatable bonds is 5. The first-order chi connectivity index (χ1) is 11.2. The molecule has 1 fully saturated rings. The Kier molecular flexibility index (Phi) is 5.26. The van der Waals surface area contributed by atoms with Gasteiger partial charge in [-0.15, -0.1) is 0 Å². The first-order valence-electron chi connectivity index (χ1n) is 7.88. The molecule has 4 nitrogen and oxygen atoms in total. The number of carbonyl (C=O) groups excluding carboxylic acids is 1. The minimum Gasteiger partial charge on any atom is -0.355 e. The average Bonchev–Trinajstić information content (AvgIpc) is 3.06. The molecule has 3 rings (SSSR count). The molecule has 1 aliphatic rings. The van der Waals surface area contributed by atoms with Crippen molar-refractivity contribution in [1.82, 2.24) is 15.6 Å². The van der Waals surface area contributed by atoms with Crippen LogP contribution < -0.4 is 10.6 Å². The molecule has 0 saturated carbocycles. The number of aromatic nitrogens is 1. The maximum absolute atomic E-state index is 12.5. The van der Waals surface area contributed by atoms with E-state index in [9.17, 15) is 4.79 Å². The normalized spacial score (nSPS) is 20.4. The minimum absolute atomic E-state index is 0.0418. The van der Waals surface area contributed by atoms with Crippen LogP contribution in [0.25, 0.3) is 0 Å². The Morgan fingerprint density at radius 3 is 2.78 bits per heavy atom. The van der Waals surface area contributed by atoms with E-state index < -0.39 is 0 Å². The second-order valence-corrected chi connectivity index (χ2v) is 6.22. The zero-order valence-corrected chi connectivity index (χ0v) is 13.6. The van der Waals surface area contributed by atoms with E-state index in [1.165, 1.54) is 0 Å². The van der Waals surface area contributed by atoms with Gasteiger partial charge in [0.25, 0.3) is 0 Å². The van der Waals surface area contributed by atoms with Gasteiger partial charge in [0.05, 0.1) is 5.92 Å². The molecule has 0 bridgehead atoms. The lowest BCUT2D eigenvalue weighted by molar-refractivity contribution is -0.124. The van der Waals surface area contributed by atoms with E-state index in [2.05, 4.69) is 15.6 Å². The van der Waals surface area contributed by atoms with Crippen molar-refractivity contribution in [3.05, 3.63) is 64.9 Å². The van der Waals surface area contributed by atoms with Crippen molar-refractivity contribution in [2.45, 2.75) is 12.3 Å². The van der Waals surface area contributed by atoms with Crippen LogP contribution in [-0.2, 0) is 11.2 Å². The highest BCUT2D eigenvalue weighted by Crippen LogP contribution is 2.29. The van der Waals surface area contributed by atoms with Gasteiger partial charge in [0.15, 0.2) is 0 Å². The van der Waals surface area contributed by atoms with Crippen molar-refractivity contribution in [1.29, 1.82) is 0 Å². The highest BCUT2D eigenvalue weighted by Gasteiger charge is 2.33. The Hall–Kier alpha value is -1.91. The van der Waals surface area contributed by atoms with Gasteiger partial charge in [0.1, 0.15) is 0 Å². The van der Waals surface area contributed by atoms with E-state index in [0.29, 0.717) is 13.1 Å². The molecule has 1 aromatic carbocycles. The number of amides is 1. The van der Waals surface area contributed by atoms with Crippen LogP contribution in [0.4, 0.5) is 0 Å². The molecule has 0 unspecified atom stereocenters. The fourth-order valence-electron chi connectivity index (χ4n) is 3.01. The van der Waals surface area contributed by atoms with Crippen molar-refractivity contribution in [2.75, 3.05) is 19.6 Å². The quantitative estimate of drug-likeness (QED) is 0.885. The summed E-state index contributed by atoms with van der Waals surface area (Å²) >= 11 is 5.94. The van der Waals surface area contributed by atoms with Crippen LogP contribution in [0.2, 0.25) is 5.02 Å². The number of halogens is 1. The average molecular weight is 330 g/mol. The molecule has 2 N–H and O–H groups in total. The minimum atomic E-state index is -0.0418. The summed E-state index contributed by atoms with van der Waals surface area (Å²) < 4.78 is 0. The smallest absolute Gasteiger partial charge is 0.225 e. The molecule has 23 heavy (non-hydrogen) atoms. The largest absolute Gasteiger partial charge is 0.355 e. The van der Waals surface area contributed by atoms with E-state index in [4.69, 9.17) is 11.6 Å². The zero-order chi connectivity index (χ0) is 16.1. The highest BCUT2D eigenvalue weighted by atomic mass is 35.5. The van der Waals surface area contributed by atoms with Gasteiger partial charge in [-0.2, -0.15) is 0 Å². The molecule has 2 atom stereocenters. The number of hydrogen-bond donors (Lipinski definition) is 2. The topological polar surface area (TPSA) is 54.0 Å².